The Morgan fingerprint density at radius 1 is 1.28 bits per heavy atom. The molecule has 2 N–H and O–H groups in total. The monoisotopic (exact) mass is 430 g/mol. The first-order chi connectivity index (χ1) is 13.4. The van der Waals surface area contributed by atoms with Gasteiger partial charge in [-0.2, -0.15) is 13.2 Å². The second-order valence-electron chi connectivity index (χ2n) is 6.55. The third-order valence-corrected chi connectivity index (χ3v) is 4.79. The van der Waals surface area contributed by atoms with Crippen LogP contribution in [0.15, 0.2) is 36.5 Å². The average Bonchev–Trinajstić information content (AvgIpc) is 2.84. The van der Waals surface area contributed by atoms with Crippen LogP contribution in [-0.4, -0.2) is 55.5 Å². The van der Waals surface area contributed by atoms with Crippen LogP contribution in [0, 0.1) is 0 Å². The molecule has 0 aliphatic carbocycles. The number of likely N-dealkylation sites (N-methyl/N-ethyl adjacent to an activating group) is 1. The molecular weight excluding hydrogens is 413 g/mol. The summed E-state index contributed by atoms with van der Waals surface area (Å²) in [6.45, 7) is -0.0666. The Labute approximate surface area is 164 Å². The van der Waals surface area contributed by atoms with Crippen LogP contribution in [0.2, 0.25) is 0 Å². The van der Waals surface area contributed by atoms with Crippen molar-refractivity contribution >= 4 is 27.6 Å². The van der Waals surface area contributed by atoms with E-state index in [0.29, 0.717) is 6.07 Å². The number of nitrogens with one attached hydrogen (secondary N) is 1. The maximum absolute atomic E-state index is 13.7. The lowest BCUT2D eigenvalue weighted by Crippen LogP contribution is -2.35. The molecule has 0 saturated carbocycles. The maximum Gasteiger partial charge on any atom is 0.417 e. The summed E-state index contributed by atoms with van der Waals surface area (Å²) in [6.07, 6.45) is -4.25. The maximum atomic E-state index is 13.7. The molecule has 1 fully saturated rings. The number of rotatable bonds is 4. The zero-order chi connectivity index (χ0) is 21.6. The Bertz CT molecular complexity index is 1060. The predicted molar refractivity (Wildman–Crippen MR) is 99.7 cm³/mol. The molecule has 2 heterocycles. The van der Waals surface area contributed by atoms with Crippen molar-refractivity contribution in [2.45, 2.75) is 12.4 Å². The van der Waals surface area contributed by atoms with Crippen molar-refractivity contribution in [3.63, 3.8) is 0 Å². The van der Waals surface area contributed by atoms with Gasteiger partial charge in [-0.15, -0.1) is 0 Å². The van der Waals surface area contributed by atoms with E-state index in [1.165, 1.54) is 31.3 Å². The van der Waals surface area contributed by atoms with Gasteiger partial charge < -0.3 is 10.0 Å². The van der Waals surface area contributed by atoms with Gasteiger partial charge in [0.05, 0.1) is 18.4 Å². The zero-order valence-electron chi connectivity index (χ0n) is 15.3. The van der Waals surface area contributed by atoms with Crippen LogP contribution in [0.3, 0.4) is 0 Å². The molecule has 0 radical (unpaired) electrons. The molecule has 1 saturated heterocycles. The number of pyridine rings is 1. The average molecular weight is 430 g/mol. The standard InChI is InChI=1S/C17H17F3N4O4S/c1-23-9-15(25)24(16(23)26)14-7-13(17(18,19)20)12(8-21-14)10-4-3-5-11(6-10)22-29(2,27)28/h3-8,15,22,25H,9H2,1-2H3. The summed E-state index contributed by atoms with van der Waals surface area (Å²) < 4.78 is 66.2. The summed E-state index contributed by atoms with van der Waals surface area (Å²) in [5.74, 6) is -0.339. The van der Waals surface area contributed by atoms with Gasteiger partial charge in [0.2, 0.25) is 10.0 Å². The van der Waals surface area contributed by atoms with E-state index in [0.717, 1.165) is 22.3 Å². The Hall–Kier alpha value is -2.86. The number of aromatic nitrogens is 1. The van der Waals surface area contributed by atoms with Crippen molar-refractivity contribution in [1.29, 1.82) is 0 Å². The summed E-state index contributed by atoms with van der Waals surface area (Å²) in [5, 5.41) is 9.98. The molecule has 29 heavy (non-hydrogen) atoms. The van der Waals surface area contributed by atoms with Crippen molar-refractivity contribution in [2.75, 3.05) is 29.5 Å². The molecule has 0 spiro atoms. The van der Waals surface area contributed by atoms with Crippen LogP contribution in [0.1, 0.15) is 5.56 Å². The molecule has 3 rings (SSSR count). The molecule has 0 bridgehead atoms. The second-order valence-corrected chi connectivity index (χ2v) is 8.30. The van der Waals surface area contributed by atoms with E-state index >= 15 is 0 Å². The number of aliphatic hydroxyl groups is 1. The first-order valence-corrected chi connectivity index (χ1v) is 10.1. The quantitative estimate of drug-likeness (QED) is 0.775. The molecule has 12 heteroatoms. The van der Waals surface area contributed by atoms with Crippen LogP contribution < -0.4 is 9.62 Å². The lowest BCUT2D eigenvalue weighted by Gasteiger charge is -2.21. The normalized spacial score (nSPS) is 17.7. The minimum Gasteiger partial charge on any atom is -0.371 e. The van der Waals surface area contributed by atoms with E-state index in [1.54, 1.807) is 0 Å². The van der Waals surface area contributed by atoms with Gasteiger partial charge in [0.15, 0.2) is 6.23 Å². The smallest absolute Gasteiger partial charge is 0.371 e. The van der Waals surface area contributed by atoms with Gasteiger partial charge in [-0.05, 0) is 23.8 Å². The van der Waals surface area contributed by atoms with Gasteiger partial charge in [-0.1, -0.05) is 12.1 Å². The molecule has 2 amide bonds. The number of carbonyl (C=O) groups is 1. The fourth-order valence-electron chi connectivity index (χ4n) is 2.97. The number of amides is 2. The third kappa shape index (κ3) is 4.43. The van der Waals surface area contributed by atoms with E-state index < -0.39 is 34.0 Å². The Morgan fingerprint density at radius 3 is 2.52 bits per heavy atom. The number of hydrogen-bond donors (Lipinski definition) is 2. The van der Waals surface area contributed by atoms with Crippen molar-refractivity contribution in [3.8, 4) is 11.1 Å². The van der Waals surface area contributed by atoms with E-state index in [9.17, 15) is 31.5 Å². The molecule has 1 atom stereocenters. The summed E-state index contributed by atoms with van der Waals surface area (Å²) >= 11 is 0. The number of aliphatic hydroxyl groups excluding tert-OH is 1. The molecule has 1 aromatic heterocycles. The van der Waals surface area contributed by atoms with Crippen LogP contribution in [0.25, 0.3) is 11.1 Å². The zero-order valence-corrected chi connectivity index (χ0v) is 16.1. The largest absolute Gasteiger partial charge is 0.417 e. The highest BCUT2D eigenvalue weighted by Crippen LogP contribution is 2.39. The number of urea groups is 1. The molecule has 1 aromatic carbocycles. The lowest BCUT2D eigenvalue weighted by atomic mass is 10.0. The second kappa shape index (κ2) is 7.19. The molecule has 1 aliphatic rings. The SMILES string of the molecule is CN1CC(O)N(c2cc(C(F)(F)F)c(-c3cccc(NS(C)(=O)=O)c3)cn2)C1=O. The number of carbonyl (C=O) groups excluding carboxylic acids is 1. The first kappa shape index (κ1) is 20.9. The first-order valence-electron chi connectivity index (χ1n) is 8.24. The van der Waals surface area contributed by atoms with E-state index in [-0.39, 0.29) is 29.2 Å². The number of hydrogen-bond acceptors (Lipinski definition) is 5. The number of anilines is 2. The van der Waals surface area contributed by atoms with Crippen molar-refractivity contribution in [1.82, 2.24) is 9.88 Å². The number of nitrogens with zero attached hydrogens (tertiary/aromatic N) is 3. The Balaban J connectivity index is 2.09. The van der Waals surface area contributed by atoms with Gasteiger partial charge >= 0.3 is 12.2 Å². The third-order valence-electron chi connectivity index (χ3n) is 4.19. The Morgan fingerprint density at radius 2 is 1.97 bits per heavy atom. The number of sulfonamides is 1. The highest BCUT2D eigenvalue weighted by molar-refractivity contribution is 7.92. The highest BCUT2D eigenvalue weighted by atomic mass is 32.2. The highest BCUT2D eigenvalue weighted by Gasteiger charge is 2.39. The summed E-state index contributed by atoms with van der Waals surface area (Å²) in [7, 11) is -2.21. The van der Waals surface area contributed by atoms with Crippen LogP contribution in [0.5, 0.6) is 0 Å². The van der Waals surface area contributed by atoms with Gasteiger partial charge in [0.1, 0.15) is 5.82 Å². The van der Waals surface area contributed by atoms with E-state index in [4.69, 9.17) is 0 Å². The fraction of sp³-hybridized carbons (Fsp3) is 0.294. The van der Waals surface area contributed by atoms with Crippen LogP contribution >= 0.6 is 0 Å². The molecule has 1 aliphatic heterocycles. The number of alkyl halides is 3. The summed E-state index contributed by atoms with van der Waals surface area (Å²) in [5.41, 5.74) is -1.20. The van der Waals surface area contributed by atoms with Crippen LogP contribution in [0.4, 0.5) is 29.5 Å². The van der Waals surface area contributed by atoms with Gasteiger partial charge in [-0.25, -0.2) is 23.1 Å². The minimum atomic E-state index is -4.78. The van der Waals surface area contributed by atoms with Gasteiger partial charge in [-0.3, -0.25) is 4.72 Å². The molecule has 156 valence electrons. The van der Waals surface area contributed by atoms with Crippen LogP contribution in [-0.2, 0) is 16.2 Å². The van der Waals surface area contributed by atoms with Gasteiger partial charge in [0, 0.05) is 24.5 Å². The lowest BCUT2D eigenvalue weighted by molar-refractivity contribution is -0.137. The van der Waals surface area contributed by atoms with Crippen molar-refractivity contribution in [3.05, 3.63) is 42.1 Å². The Kier molecular flexibility index (Phi) is 5.17. The molecule has 8 nitrogen and oxygen atoms in total. The molecule has 1 unspecified atom stereocenters. The topological polar surface area (TPSA) is 103 Å². The number of halogens is 3. The fourth-order valence-corrected chi connectivity index (χ4v) is 3.53. The molecule has 2 aromatic rings. The van der Waals surface area contributed by atoms with Gasteiger partial charge in [0.25, 0.3) is 0 Å². The minimum absolute atomic E-state index is 0.0666. The predicted octanol–water partition coefficient (Wildman–Crippen LogP) is 2.33. The molecular formula is C17H17F3N4O4S. The van der Waals surface area contributed by atoms with Crippen molar-refractivity contribution in [2.24, 2.45) is 0 Å². The van der Waals surface area contributed by atoms with E-state index in [1.807, 2.05) is 0 Å². The summed E-state index contributed by atoms with van der Waals surface area (Å²) in [6, 6.07) is 5.44. The number of benzene rings is 1. The summed E-state index contributed by atoms with van der Waals surface area (Å²) in [4.78, 5) is 18.0. The number of β-amino-alcohol motifs (C(OH)–C–C–N with tert-alkyl or cyclic N) is 1. The van der Waals surface area contributed by atoms with Crippen molar-refractivity contribution < 1.29 is 31.5 Å². The van der Waals surface area contributed by atoms with E-state index in [2.05, 4.69) is 9.71 Å².